The SMILES string of the molecule is Cc1ccc(C2(c3ccc(C)cc3)c3cc(N(c4ccc(C(C)(C)C)cc4)c4cc([Si](c5ccccc5)(c5ccccc5)c5ccccc5)cc5c4oc4ccccc45)ccc3-c3c2cc(N(c2ccc(C(C)(C)C)cc2)c2cc(C)cc4c2oc2ccccc24)c2ccccc32)cc1. The summed E-state index contributed by atoms with van der Waals surface area (Å²) in [6.07, 6.45) is 0. The van der Waals surface area contributed by atoms with Crippen LogP contribution in [-0.2, 0) is 16.2 Å². The normalized spacial score (nSPS) is 13.0. The fourth-order valence-corrected chi connectivity index (χ4v) is 21.1. The van der Waals surface area contributed by atoms with Crippen LogP contribution in [0.15, 0.2) is 318 Å². The molecular formula is C94H78N2O2Si. The zero-order valence-corrected chi connectivity index (χ0v) is 58.7. The van der Waals surface area contributed by atoms with Crippen LogP contribution >= 0.6 is 0 Å². The first-order valence-corrected chi connectivity index (χ1v) is 36.8. The Balaban J connectivity index is 0.996. The first kappa shape index (κ1) is 61.4. The number of anilines is 6. The van der Waals surface area contributed by atoms with Crippen LogP contribution in [0.2, 0.25) is 0 Å². The molecule has 0 amide bonds. The van der Waals surface area contributed by atoms with Crippen molar-refractivity contribution in [3.05, 3.63) is 359 Å². The van der Waals surface area contributed by atoms with Crippen molar-refractivity contribution in [1.29, 1.82) is 0 Å². The molecule has 14 aromatic carbocycles. The van der Waals surface area contributed by atoms with Gasteiger partial charge in [0, 0.05) is 44.0 Å². The number of para-hydroxylation sites is 2. The third-order valence-electron chi connectivity index (χ3n) is 21.2. The molecule has 0 saturated heterocycles. The number of hydrogen-bond donors (Lipinski definition) is 0. The zero-order chi connectivity index (χ0) is 67.5. The molecule has 0 N–H and O–H groups in total. The number of nitrogens with zero attached hydrogens (tertiary/aromatic N) is 2. The minimum atomic E-state index is -3.18. The smallest absolute Gasteiger partial charge is 0.179 e. The lowest BCUT2D eigenvalue weighted by Crippen LogP contribution is -2.74. The van der Waals surface area contributed by atoms with E-state index >= 15 is 0 Å². The molecule has 99 heavy (non-hydrogen) atoms. The van der Waals surface area contributed by atoms with Crippen LogP contribution in [0, 0.1) is 20.8 Å². The van der Waals surface area contributed by atoms with E-state index < -0.39 is 13.5 Å². The Kier molecular flexibility index (Phi) is 14.6. The van der Waals surface area contributed by atoms with Gasteiger partial charge in [-0.25, -0.2) is 0 Å². The molecule has 1 aliphatic carbocycles. The lowest BCUT2D eigenvalue weighted by molar-refractivity contribution is 0.590. The standard InChI is InChI=1S/C94H78N2O2Si/c1-61-37-41-66(42-38-61)94(67-43-39-62(2)40-44-67)82-57-70(53-54-79(82)89-78-34-20-19-31-75(78)84(60-83(89)94)96(69-51-47-65(48-52-69)93(7,8)9)85-56-63(3)55-80-76-32-21-23-35-87(76)97-90(80)85)95(68-49-45-64(46-50-68)92(4,5)6)86-59-74(58-81-77-33-22-24-36-88(77)98-91(81)86)99(71-25-13-10-14-26-71,72-27-15-11-16-28-72)73-29-17-12-18-30-73/h10-60H,1-9H3. The van der Waals surface area contributed by atoms with E-state index in [0.717, 1.165) is 89.0 Å². The molecule has 0 aliphatic heterocycles. The summed E-state index contributed by atoms with van der Waals surface area (Å²) in [7, 11) is -3.18. The van der Waals surface area contributed by atoms with E-state index in [1.807, 2.05) is 0 Å². The quantitative estimate of drug-likeness (QED) is 0.0901. The van der Waals surface area contributed by atoms with Crippen molar-refractivity contribution in [3.8, 4) is 11.1 Å². The van der Waals surface area contributed by atoms with Crippen LogP contribution in [0.4, 0.5) is 34.1 Å². The monoisotopic (exact) mass is 1290 g/mol. The topological polar surface area (TPSA) is 32.8 Å². The molecule has 17 rings (SSSR count). The Labute approximate surface area is 581 Å². The predicted octanol–water partition coefficient (Wildman–Crippen LogP) is 22.8. The molecule has 0 unspecified atom stereocenters. The first-order chi connectivity index (χ1) is 48.1. The highest BCUT2D eigenvalue weighted by Gasteiger charge is 2.49. The summed E-state index contributed by atoms with van der Waals surface area (Å²) in [4.78, 5) is 5.01. The molecule has 16 aromatic rings. The van der Waals surface area contributed by atoms with Crippen LogP contribution in [-0.4, -0.2) is 8.07 Å². The van der Waals surface area contributed by atoms with Crippen LogP contribution in [0.1, 0.15) is 91.6 Å². The van der Waals surface area contributed by atoms with Crippen molar-refractivity contribution >= 4 is 118 Å². The zero-order valence-electron chi connectivity index (χ0n) is 57.7. The van der Waals surface area contributed by atoms with E-state index in [4.69, 9.17) is 8.83 Å². The van der Waals surface area contributed by atoms with Crippen LogP contribution < -0.4 is 30.5 Å². The summed E-state index contributed by atoms with van der Waals surface area (Å²) in [5.41, 5.74) is 21.6. The Bertz CT molecular complexity index is 5620. The van der Waals surface area contributed by atoms with Crippen molar-refractivity contribution in [2.75, 3.05) is 9.80 Å². The van der Waals surface area contributed by atoms with E-state index in [1.54, 1.807) is 0 Å². The number of fused-ring (bicyclic) bond motifs is 11. The molecule has 2 aromatic heterocycles. The van der Waals surface area contributed by atoms with Crippen LogP contribution in [0.25, 0.3) is 65.8 Å². The summed E-state index contributed by atoms with van der Waals surface area (Å²) >= 11 is 0. The van der Waals surface area contributed by atoms with Gasteiger partial charge in [-0.3, -0.25) is 0 Å². The molecule has 0 atom stereocenters. The van der Waals surface area contributed by atoms with E-state index in [0.29, 0.717) is 0 Å². The van der Waals surface area contributed by atoms with Gasteiger partial charge in [0.25, 0.3) is 0 Å². The van der Waals surface area contributed by atoms with Crippen molar-refractivity contribution in [2.24, 2.45) is 0 Å². The van der Waals surface area contributed by atoms with Crippen molar-refractivity contribution in [1.82, 2.24) is 0 Å². The largest absolute Gasteiger partial charge is 0.454 e. The van der Waals surface area contributed by atoms with Gasteiger partial charge < -0.3 is 18.6 Å². The number of benzene rings is 14. The Hall–Kier alpha value is -11.2. The van der Waals surface area contributed by atoms with Gasteiger partial charge >= 0.3 is 0 Å². The van der Waals surface area contributed by atoms with Crippen molar-refractivity contribution in [2.45, 2.75) is 78.6 Å². The van der Waals surface area contributed by atoms with Crippen molar-refractivity contribution in [3.63, 3.8) is 0 Å². The highest BCUT2D eigenvalue weighted by molar-refractivity contribution is 7.20. The van der Waals surface area contributed by atoms with Gasteiger partial charge in [0.05, 0.1) is 22.5 Å². The summed E-state index contributed by atoms with van der Waals surface area (Å²) in [5, 5.41) is 11.8. The van der Waals surface area contributed by atoms with Gasteiger partial charge in [-0.1, -0.05) is 283 Å². The Morgan fingerprint density at radius 1 is 0.303 bits per heavy atom. The Morgan fingerprint density at radius 2 is 0.727 bits per heavy atom. The van der Waals surface area contributed by atoms with Gasteiger partial charge in [-0.15, -0.1) is 0 Å². The molecule has 0 radical (unpaired) electrons. The second-order valence-electron chi connectivity index (χ2n) is 29.4. The second-order valence-corrected chi connectivity index (χ2v) is 33.2. The molecule has 1 aliphatic rings. The van der Waals surface area contributed by atoms with Gasteiger partial charge in [0.2, 0.25) is 0 Å². The van der Waals surface area contributed by atoms with Crippen LogP contribution in [0.5, 0.6) is 0 Å². The number of furan rings is 2. The van der Waals surface area contributed by atoms with Gasteiger partial charge in [-0.05, 0) is 187 Å². The first-order valence-electron chi connectivity index (χ1n) is 34.8. The average Bonchev–Trinajstić information content (AvgIpc) is 1.54. The highest BCUT2D eigenvalue weighted by Crippen LogP contribution is 2.61. The molecule has 4 nitrogen and oxygen atoms in total. The average molecular weight is 1300 g/mol. The summed E-state index contributed by atoms with van der Waals surface area (Å²) < 4.78 is 14.5. The third kappa shape index (κ3) is 9.91. The maximum atomic E-state index is 7.41. The maximum Gasteiger partial charge on any atom is 0.179 e. The molecule has 5 heteroatoms. The second kappa shape index (κ2) is 23.5. The maximum absolute atomic E-state index is 7.41. The number of hydrogen-bond acceptors (Lipinski definition) is 4. The molecular weight excluding hydrogens is 1220 g/mol. The van der Waals surface area contributed by atoms with E-state index in [1.165, 1.54) is 81.8 Å². The van der Waals surface area contributed by atoms with Crippen molar-refractivity contribution < 1.29 is 8.83 Å². The molecule has 0 saturated carbocycles. The number of rotatable bonds is 12. The lowest BCUT2D eigenvalue weighted by Gasteiger charge is -2.37. The molecule has 0 fully saturated rings. The van der Waals surface area contributed by atoms with E-state index in [-0.39, 0.29) is 10.8 Å². The minimum Gasteiger partial charge on any atom is -0.454 e. The highest BCUT2D eigenvalue weighted by atomic mass is 28.3. The van der Waals surface area contributed by atoms with Gasteiger partial charge in [0.1, 0.15) is 11.2 Å². The molecule has 480 valence electrons. The summed E-state index contributed by atoms with van der Waals surface area (Å²) in [5.74, 6) is 0. The molecule has 0 bridgehead atoms. The summed E-state index contributed by atoms with van der Waals surface area (Å²) in [6, 6.07) is 117. The Morgan fingerprint density at radius 3 is 1.22 bits per heavy atom. The van der Waals surface area contributed by atoms with Gasteiger partial charge in [-0.2, -0.15) is 0 Å². The minimum absolute atomic E-state index is 0.0591. The van der Waals surface area contributed by atoms with Crippen LogP contribution in [0.3, 0.4) is 0 Å². The fraction of sp³-hybridized carbons (Fsp3) is 0.128. The lowest BCUT2D eigenvalue weighted by atomic mass is 9.67. The predicted molar refractivity (Wildman–Crippen MR) is 420 cm³/mol. The molecule has 0 spiro atoms. The summed E-state index contributed by atoms with van der Waals surface area (Å²) in [6.45, 7) is 20.4. The fourth-order valence-electron chi connectivity index (χ4n) is 16.3. The third-order valence-corrected chi connectivity index (χ3v) is 25.9. The van der Waals surface area contributed by atoms with E-state index in [2.05, 4.69) is 381 Å². The van der Waals surface area contributed by atoms with Gasteiger partial charge in [0.15, 0.2) is 19.2 Å². The molecule has 2 heterocycles. The van der Waals surface area contributed by atoms with E-state index in [9.17, 15) is 0 Å². The number of aryl methyl sites for hydroxylation is 3.